The number of nitrogens with zero attached hydrogens (tertiary/aromatic N) is 1. The number of allylic oxidation sites excluding steroid dienone is 2. The number of Topliss-reactive ketones (excluding diaryl/α,β-unsaturated/α-hetero) is 2. The van der Waals surface area contributed by atoms with Gasteiger partial charge in [-0.15, -0.1) is 12.4 Å². The molecule has 4 fully saturated rings. The van der Waals surface area contributed by atoms with E-state index in [2.05, 4.69) is 59.5 Å². The molecule has 5 aliphatic rings. The minimum Gasteiger partial charge on any atom is -0.481 e. The fourth-order valence-electron chi connectivity index (χ4n) is 13.5. The molecular weight excluding hydrogens is 698 g/mol. The van der Waals surface area contributed by atoms with E-state index in [9.17, 15) is 24.3 Å². The minimum absolute atomic E-state index is 0. The highest BCUT2D eigenvalue weighted by atomic mass is 35.5. The fourth-order valence-corrected chi connectivity index (χ4v) is 13.5. The molecule has 0 radical (unpaired) electrons. The van der Waals surface area contributed by atoms with E-state index in [1.807, 2.05) is 30.6 Å². The van der Waals surface area contributed by atoms with Gasteiger partial charge in [-0.3, -0.25) is 24.2 Å². The standard InChI is InChI=1S/C46H61NO6.ClH/c1-27(2)38-32(48)23-46(35(49)22-29-26-47-25-28-12-10-11-13-30(28)29)21-20-44(8)31(39(38)46)14-15-34-43(7)18-17-36(53-37(50)24-41(3,4)40(51)52)42(5,6)33(43)16-19-45(34,44)9;/h10-13,25-27,31,33-34,36H,14-24H2,1-9H3,(H,51,52);1H/t31-,33+,34-,36+,43+,44-,45-,46+;/m1./s1. The van der Waals surface area contributed by atoms with Crippen LogP contribution in [0.5, 0.6) is 0 Å². The fraction of sp³-hybridized carbons (Fsp3) is 0.674. The zero-order valence-electron chi connectivity index (χ0n) is 34.0. The van der Waals surface area contributed by atoms with Crippen LogP contribution in [0.2, 0.25) is 0 Å². The molecule has 0 bridgehead atoms. The highest BCUT2D eigenvalue weighted by Crippen LogP contribution is 2.77. The number of aliphatic carboxylic acids is 1. The number of rotatable bonds is 8. The van der Waals surface area contributed by atoms with Crippen LogP contribution in [0, 0.1) is 56.2 Å². The lowest BCUT2D eigenvalue weighted by Crippen LogP contribution is -2.66. The number of ether oxygens (including phenoxy) is 1. The van der Waals surface area contributed by atoms with Crippen molar-refractivity contribution in [3.8, 4) is 0 Å². The molecular formula is C46H62ClNO6. The van der Waals surface area contributed by atoms with Crippen molar-refractivity contribution < 1.29 is 29.0 Å². The highest BCUT2D eigenvalue weighted by Gasteiger charge is 2.71. The van der Waals surface area contributed by atoms with Crippen LogP contribution >= 0.6 is 12.4 Å². The van der Waals surface area contributed by atoms with Crippen LogP contribution < -0.4 is 0 Å². The molecule has 1 N–H and O–H groups in total. The Morgan fingerprint density at radius 1 is 0.907 bits per heavy atom. The van der Waals surface area contributed by atoms with Crippen molar-refractivity contribution in [2.45, 2.75) is 139 Å². The van der Waals surface area contributed by atoms with Crippen LogP contribution in [0.15, 0.2) is 47.8 Å². The van der Waals surface area contributed by atoms with Gasteiger partial charge in [-0.1, -0.05) is 72.7 Å². The number of carbonyl (C=O) groups excluding carboxylic acids is 3. The molecule has 5 aliphatic carbocycles. The van der Waals surface area contributed by atoms with E-state index in [1.54, 1.807) is 13.8 Å². The molecule has 7 rings (SSSR count). The molecule has 294 valence electrons. The molecule has 0 aliphatic heterocycles. The van der Waals surface area contributed by atoms with Crippen LogP contribution in [0.3, 0.4) is 0 Å². The van der Waals surface area contributed by atoms with Gasteiger partial charge in [-0.05, 0) is 127 Å². The summed E-state index contributed by atoms with van der Waals surface area (Å²) in [7, 11) is 0. The predicted octanol–water partition coefficient (Wildman–Crippen LogP) is 10.2. The van der Waals surface area contributed by atoms with Crippen molar-refractivity contribution in [3.63, 3.8) is 0 Å². The van der Waals surface area contributed by atoms with E-state index in [0.29, 0.717) is 24.7 Å². The largest absolute Gasteiger partial charge is 0.481 e. The number of carbonyl (C=O) groups is 4. The topological polar surface area (TPSA) is 111 Å². The predicted molar refractivity (Wildman–Crippen MR) is 213 cm³/mol. The van der Waals surface area contributed by atoms with E-state index >= 15 is 0 Å². The Morgan fingerprint density at radius 2 is 1.61 bits per heavy atom. The molecule has 4 saturated carbocycles. The van der Waals surface area contributed by atoms with E-state index in [4.69, 9.17) is 4.74 Å². The number of aromatic nitrogens is 1. The lowest BCUT2D eigenvalue weighted by molar-refractivity contribution is -0.233. The first-order valence-electron chi connectivity index (χ1n) is 20.3. The first-order chi connectivity index (χ1) is 24.7. The van der Waals surface area contributed by atoms with Crippen molar-refractivity contribution >= 4 is 46.7 Å². The molecule has 0 amide bonds. The summed E-state index contributed by atoms with van der Waals surface area (Å²) < 4.78 is 6.17. The smallest absolute Gasteiger partial charge is 0.309 e. The van der Waals surface area contributed by atoms with E-state index in [1.165, 1.54) is 5.57 Å². The van der Waals surface area contributed by atoms with Gasteiger partial charge in [-0.2, -0.15) is 0 Å². The number of carboxylic acids is 1. The molecule has 8 heteroatoms. The summed E-state index contributed by atoms with van der Waals surface area (Å²) in [6.45, 7) is 19.5. The summed E-state index contributed by atoms with van der Waals surface area (Å²) in [6, 6.07) is 8.13. The van der Waals surface area contributed by atoms with E-state index in [0.717, 1.165) is 66.9 Å². The van der Waals surface area contributed by atoms with Gasteiger partial charge in [0.25, 0.3) is 0 Å². The van der Waals surface area contributed by atoms with Gasteiger partial charge < -0.3 is 9.84 Å². The van der Waals surface area contributed by atoms with Crippen molar-refractivity contribution in [2.24, 2.45) is 56.2 Å². The number of carboxylic acid groups (broad SMARTS) is 1. The molecule has 0 unspecified atom stereocenters. The number of esters is 1. The monoisotopic (exact) mass is 759 g/mol. The average molecular weight is 760 g/mol. The molecule has 7 nitrogen and oxygen atoms in total. The number of halogens is 1. The lowest BCUT2D eigenvalue weighted by atomic mass is 9.33. The molecule has 1 aromatic carbocycles. The maximum atomic E-state index is 14.9. The number of hydrogen-bond acceptors (Lipinski definition) is 6. The third-order valence-electron chi connectivity index (χ3n) is 16.4. The summed E-state index contributed by atoms with van der Waals surface area (Å²) in [6.07, 6.45) is 11.4. The average Bonchev–Trinajstić information content (AvgIpc) is 3.39. The zero-order chi connectivity index (χ0) is 38.5. The van der Waals surface area contributed by atoms with E-state index < -0.39 is 22.8 Å². The second-order valence-electron chi connectivity index (χ2n) is 20.1. The summed E-state index contributed by atoms with van der Waals surface area (Å²) in [4.78, 5) is 58.4. The van der Waals surface area contributed by atoms with Gasteiger partial charge in [-0.25, -0.2) is 0 Å². The van der Waals surface area contributed by atoms with Gasteiger partial charge in [0, 0.05) is 36.0 Å². The highest BCUT2D eigenvalue weighted by molar-refractivity contribution is 6.08. The Labute approximate surface area is 328 Å². The Balaban J connectivity index is 0.00000497. The van der Waals surface area contributed by atoms with Crippen LogP contribution in [-0.4, -0.2) is 39.7 Å². The van der Waals surface area contributed by atoms with Gasteiger partial charge in [0.2, 0.25) is 0 Å². The second-order valence-corrected chi connectivity index (χ2v) is 20.1. The van der Waals surface area contributed by atoms with E-state index in [-0.39, 0.29) is 76.4 Å². The summed E-state index contributed by atoms with van der Waals surface area (Å²) in [5.74, 6) is -0.0120. The molecule has 0 spiro atoms. The van der Waals surface area contributed by atoms with Gasteiger partial charge in [0.05, 0.1) is 17.3 Å². The molecule has 1 heterocycles. The van der Waals surface area contributed by atoms with Crippen LogP contribution in [0.1, 0.15) is 132 Å². The van der Waals surface area contributed by atoms with Gasteiger partial charge >= 0.3 is 11.9 Å². The second kappa shape index (κ2) is 13.6. The minimum atomic E-state index is -1.17. The number of fused-ring (bicyclic) bond motifs is 8. The maximum Gasteiger partial charge on any atom is 0.309 e. The maximum absolute atomic E-state index is 14.9. The number of hydrogen-bond donors (Lipinski definition) is 1. The Hall–Kier alpha value is -3.06. The van der Waals surface area contributed by atoms with Crippen molar-refractivity contribution in [3.05, 3.63) is 53.4 Å². The van der Waals surface area contributed by atoms with Gasteiger partial charge in [0.1, 0.15) is 11.9 Å². The molecule has 54 heavy (non-hydrogen) atoms. The summed E-state index contributed by atoms with van der Waals surface area (Å²) >= 11 is 0. The quantitative estimate of drug-likeness (QED) is 0.267. The van der Waals surface area contributed by atoms with Crippen molar-refractivity contribution in [1.29, 1.82) is 0 Å². The Morgan fingerprint density at radius 3 is 2.30 bits per heavy atom. The first kappa shape index (κ1) is 40.6. The molecule has 1 aromatic heterocycles. The SMILES string of the molecule is CC(C)C1=C2[C@H]3CC[C@@H]4[C@@]5(C)CC[C@H](OC(=O)CC(C)(C)C(=O)O)C(C)(C)[C@@H]5CC[C@@]4(C)[C@]3(C)CC[C@@]2(C(=O)Cc2cncc3ccccc23)CC1=O.Cl. The van der Waals surface area contributed by atoms with Gasteiger partial charge in [0.15, 0.2) is 5.78 Å². The lowest BCUT2D eigenvalue weighted by Gasteiger charge is -2.72. The van der Waals surface area contributed by atoms with Crippen molar-refractivity contribution in [1.82, 2.24) is 4.98 Å². The number of benzene rings is 1. The summed E-state index contributed by atoms with van der Waals surface area (Å²) in [5, 5.41) is 11.7. The van der Waals surface area contributed by atoms with Crippen LogP contribution in [0.25, 0.3) is 10.8 Å². The molecule has 2 aromatic rings. The normalized spacial score (nSPS) is 35.7. The van der Waals surface area contributed by atoms with Crippen molar-refractivity contribution in [2.75, 3.05) is 0 Å². The third-order valence-corrected chi connectivity index (χ3v) is 16.4. The Bertz CT molecular complexity index is 1910. The molecule has 8 atom stereocenters. The third kappa shape index (κ3) is 5.83. The first-order valence-corrected chi connectivity index (χ1v) is 20.3. The number of ketones is 2. The van der Waals surface area contributed by atoms with Crippen LogP contribution in [0.4, 0.5) is 0 Å². The number of pyridine rings is 1. The molecule has 0 saturated heterocycles. The zero-order valence-corrected chi connectivity index (χ0v) is 34.8. The Kier molecular flexibility index (Phi) is 10.2. The van der Waals surface area contributed by atoms with Crippen LogP contribution in [-0.2, 0) is 30.3 Å². The summed E-state index contributed by atoms with van der Waals surface area (Å²) in [5.41, 5.74) is 0.879.